The van der Waals surface area contributed by atoms with Crippen molar-refractivity contribution >= 4 is 21.7 Å². The predicted molar refractivity (Wildman–Crippen MR) is 145 cm³/mol. The first-order chi connectivity index (χ1) is 18.8. The second-order valence-electron chi connectivity index (χ2n) is 11.8. The van der Waals surface area contributed by atoms with Gasteiger partial charge in [0.15, 0.2) is 0 Å². The van der Waals surface area contributed by atoms with Crippen molar-refractivity contribution in [2.24, 2.45) is 18.4 Å². The number of hydrogen-bond donors (Lipinski definition) is 2. The summed E-state index contributed by atoms with van der Waals surface area (Å²) in [5.41, 5.74) is -1.72. The third kappa shape index (κ3) is 6.04. The van der Waals surface area contributed by atoms with Gasteiger partial charge < -0.3 is 9.64 Å². The van der Waals surface area contributed by atoms with Crippen molar-refractivity contribution in [1.29, 1.82) is 0 Å². The fourth-order valence-corrected chi connectivity index (χ4v) is 6.10. The zero-order valence-electron chi connectivity index (χ0n) is 23.9. The van der Waals surface area contributed by atoms with Crippen molar-refractivity contribution in [2.75, 3.05) is 18.1 Å². The molecule has 1 aliphatic rings. The van der Waals surface area contributed by atoms with Crippen LogP contribution in [0.5, 0.6) is 5.88 Å². The number of hydrogen-bond acceptors (Lipinski definition) is 8. The van der Waals surface area contributed by atoms with Crippen LogP contribution in [0.25, 0.3) is 11.3 Å². The van der Waals surface area contributed by atoms with E-state index in [0.717, 1.165) is 20.3 Å². The number of carbonyl (C=O) groups excluding carboxylic acids is 1. The summed E-state index contributed by atoms with van der Waals surface area (Å²) in [6.07, 6.45) is -1.02. The lowest BCUT2D eigenvalue weighted by Gasteiger charge is -2.34. The molecular formula is C26H34F3N7O4S. The normalized spacial score (nSPS) is 17.6. The van der Waals surface area contributed by atoms with Crippen LogP contribution in [0.2, 0.25) is 0 Å². The molecule has 0 unspecified atom stereocenters. The molecule has 11 nitrogen and oxygen atoms in total. The van der Waals surface area contributed by atoms with E-state index in [4.69, 9.17) is 9.72 Å². The molecule has 1 fully saturated rings. The Hall–Kier alpha value is -3.62. The molecule has 1 aliphatic heterocycles. The molecule has 15 heteroatoms. The maximum Gasteiger partial charge on any atom is 0.397 e. The van der Waals surface area contributed by atoms with Crippen molar-refractivity contribution in [1.82, 2.24) is 29.7 Å². The number of pyridine rings is 1. The second kappa shape index (κ2) is 10.3. The summed E-state index contributed by atoms with van der Waals surface area (Å²) >= 11 is 0. The number of carbonyl (C=O) groups is 1. The number of ether oxygens (including phenoxy) is 1. The van der Waals surface area contributed by atoms with Crippen LogP contribution < -0.4 is 14.4 Å². The van der Waals surface area contributed by atoms with Gasteiger partial charge in [0, 0.05) is 25.3 Å². The lowest BCUT2D eigenvalue weighted by Crippen LogP contribution is -2.41. The number of amides is 1. The zero-order chi connectivity index (χ0) is 30.5. The molecule has 3 aromatic rings. The molecule has 1 amide bonds. The number of rotatable bonds is 8. The fourth-order valence-electron chi connectivity index (χ4n) is 4.92. The van der Waals surface area contributed by atoms with Gasteiger partial charge >= 0.3 is 6.18 Å². The van der Waals surface area contributed by atoms with Crippen molar-refractivity contribution < 1.29 is 31.1 Å². The molecule has 0 spiro atoms. The molecule has 4 heterocycles. The number of aromatic nitrogens is 5. The molecule has 4 rings (SSSR count). The Labute approximate surface area is 236 Å². The summed E-state index contributed by atoms with van der Waals surface area (Å²) in [6, 6.07) is 2.91. The Morgan fingerprint density at radius 3 is 2.51 bits per heavy atom. The number of halogens is 3. The largest absolute Gasteiger partial charge is 0.477 e. The number of aryl methyl sites for hydroxylation is 2. The fraction of sp³-hybridized carbons (Fsp3) is 0.538. The number of aromatic amines is 1. The molecule has 1 saturated heterocycles. The molecule has 0 aromatic carbocycles. The smallest absolute Gasteiger partial charge is 0.397 e. The highest BCUT2D eigenvalue weighted by molar-refractivity contribution is 7.90. The van der Waals surface area contributed by atoms with Gasteiger partial charge in [-0.2, -0.15) is 23.4 Å². The summed E-state index contributed by atoms with van der Waals surface area (Å²) in [5.74, 6) is -0.407. The van der Waals surface area contributed by atoms with Gasteiger partial charge in [-0.1, -0.05) is 6.92 Å². The van der Waals surface area contributed by atoms with Crippen molar-refractivity contribution in [2.45, 2.75) is 64.6 Å². The van der Waals surface area contributed by atoms with Crippen LogP contribution in [0.3, 0.4) is 0 Å². The minimum Gasteiger partial charge on any atom is -0.477 e. The van der Waals surface area contributed by atoms with E-state index in [-0.39, 0.29) is 39.5 Å². The van der Waals surface area contributed by atoms with Crippen LogP contribution >= 0.6 is 0 Å². The van der Waals surface area contributed by atoms with Gasteiger partial charge in [-0.25, -0.2) is 23.2 Å². The van der Waals surface area contributed by atoms with Gasteiger partial charge in [0.1, 0.15) is 17.3 Å². The highest BCUT2D eigenvalue weighted by Crippen LogP contribution is 2.40. The van der Waals surface area contributed by atoms with E-state index in [9.17, 15) is 26.4 Å². The maximum absolute atomic E-state index is 13.5. The molecular weight excluding hydrogens is 563 g/mol. The van der Waals surface area contributed by atoms with Crippen LogP contribution in [0.4, 0.5) is 19.0 Å². The van der Waals surface area contributed by atoms with Crippen LogP contribution in [0.1, 0.15) is 57.1 Å². The molecule has 0 bridgehead atoms. The summed E-state index contributed by atoms with van der Waals surface area (Å²) in [5, 5.41) is 10.5. The zero-order valence-corrected chi connectivity index (χ0v) is 24.7. The van der Waals surface area contributed by atoms with E-state index in [1.807, 2.05) is 18.7 Å². The van der Waals surface area contributed by atoms with Crippen molar-refractivity contribution in [3.05, 3.63) is 35.8 Å². The van der Waals surface area contributed by atoms with Crippen LogP contribution in [-0.4, -0.2) is 64.2 Å². The lowest BCUT2D eigenvalue weighted by atomic mass is 9.94. The predicted octanol–water partition coefficient (Wildman–Crippen LogP) is 4.22. The van der Waals surface area contributed by atoms with Gasteiger partial charge in [0.25, 0.3) is 15.9 Å². The van der Waals surface area contributed by atoms with Gasteiger partial charge in [-0.15, -0.1) is 0 Å². The first-order valence-corrected chi connectivity index (χ1v) is 14.4. The Bertz CT molecular complexity index is 1560. The van der Waals surface area contributed by atoms with E-state index in [1.54, 1.807) is 7.05 Å². The maximum atomic E-state index is 13.5. The molecule has 0 saturated carbocycles. The molecule has 224 valence electrons. The number of alkyl halides is 3. The topological polar surface area (TPSA) is 135 Å². The van der Waals surface area contributed by atoms with Crippen LogP contribution in [0.15, 0.2) is 29.4 Å². The molecule has 1 atom stereocenters. The molecule has 3 aromatic heterocycles. The lowest BCUT2D eigenvalue weighted by molar-refractivity contribution is -0.219. The summed E-state index contributed by atoms with van der Waals surface area (Å²) in [4.78, 5) is 20.0. The number of nitrogens with zero attached hydrogens (tertiary/aromatic N) is 5. The van der Waals surface area contributed by atoms with E-state index in [2.05, 4.69) is 26.9 Å². The number of nitrogens with one attached hydrogen (secondary N) is 2. The SMILES string of the molecule is Cc1nn(C)cc1S(=O)(=O)NC(=O)c1ccc(-c2cn[nH]c2OCC(C)(C)C(F)(F)F)nc1N1C[C@@H](C)CC1(C)C. The van der Waals surface area contributed by atoms with Gasteiger partial charge in [0.05, 0.1) is 34.1 Å². The molecule has 0 radical (unpaired) electrons. The van der Waals surface area contributed by atoms with Crippen LogP contribution in [-0.2, 0) is 17.1 Å². The number of H-pyrrole nitrogens is 1. The van der Waals surface area contributed by atoms with Gasteiger partial charge in [0.2, 0.25) is 5.88 Å². The molecule has 0 aliphatic carbocycles. The first kappa shape index (κ1) is 30.3. The van der Waals surface area contributed by atoms with E-state index in [1.165, 1.54) is 36.1 Å². The van der Waals surface area contributed by atoms with Gasteiger partial charge in [-0.3, -0.25) is 9.48 Å². The third-order valence-corrected chi connectivity index (χ3v) is 8.59. The number of sulfonamides is 1. The quantitative estimate of drug-likeness (QED) is 0.394. The average Bonchev–Trinajstić information content (AvgIpc) is 3.52. The average molecular weight is 598 g/mol. The second-order valence-corrected chi connectivity index (χ2v) is 13.4. The monoisotopic (exact) mass is 597 g/mol. The standard InChI is InChI=1S/C26H34F3N7O4S/c1-15-10-25(5,6)36(12-15)21-17(22(37)34-41(38,39)20-13-35(7)33-16(20)2)8-9-19(31-21)18-11-30-32-23(18)40-14-24(3,4)26(27,28)29/h8-9,11,13,15H,10,12,14H2,1-7H3,(H,30,32)(H,34,37)/t15-/m0/s1. The van der Waals surface area contributed by atoms with Gasteiger partial charge in [-0.05, 0) is 59.1 Å². The first-order valence-electron chi connectivity index (χ1n) is 12.9. The van der Waals surface area contributed by atoms with Crippen molar-refractivity contribution in [3.63, 3.8) is 0 Å². The number of anilines is 1. The van der Waals surface area contributed by atoms with E-state index < -0.39 is 39.7 Å². The van der Waals surface area contributed by atoms with E-state index in [0.29, 0.717) is 12.1 Å². The Balaban J connectivity index is 1.73. The summed E-state index contributed by atoms with van der Waals surface area (Å²) < 4.78 is 75.2. The molecule has 41 heavy (non-hydrogen) atoms. The summed E-state index contributed by atoms with van der Waals surface area (Å²) in [6.45, 7) is 9.52. The molecule has 2 N–H and O–H groups in total. The minimum absolute atomic E-state index is 0.0124. The Morgan fingerprint density at radius 1 is 1.27 bits per heavy atom. The third-order valence-electron chi connectivity index (χ3n) is 7.16. The Morgan fingerprint density at radius 2 is 1.95 bits per heavy atom. The summed E-state index contributed by atoms with van der Waals surface area (Å²) in [7, 11) is -2.67. The minimum atomic E-state index is -4.49. The van der Waals surface area contributed by atoms with Crippen LogP contribution in [0, 0.1) is 18.3 Å². The van der Waals surface area contributed by atoms with E-state index >= 15 is 0 Å². The highest BCUT2D eigenvalue weighted by Gasteiger charge is 2.48. The highest BCUT2D eigenvalue weighted by atomic mass is 32.2. The van der Waals surface area contributed by atoms with Crippen molar-refractivity contribution in [3.8, 4) is 17.1 Å². The Kier molecular flexibility index (Phi) is 7.65.